The molecule has 0 aliphatic carbocycles. The van der Waals surface area contributed by atoms with Gasteiger partial charge in [-0.3, -0.25) is 0 Å². The smallest absolute Gasteiger partial charge is 0.123 e. The van der Waals surface area contributed by atoms with Crippen LogP contribution in [-0.2, 0) is 0 Å². The largest absolute Gasteiger partial charge is 0.360 e. The highest BCUT2D eigenvalue weighted by atomic mass is 127. The minimum Gasteiger partial charge on any atom is -0.360 e. The number of nitrogens with one attached hydrogen (secondary N) is 1. The first-order valence-electron chi connectivity index (χ1n) is 3.86. The van der Waals surface area contributed by atoms with Crippen LogP contribution in [0.5, 0.6) is 0 Å². The molecule has 2 aromatic rings. The van der Waals surface area contributed by atoms with Crippen molar-refractivity contribution in [3.8, 4) is 11.3 Å². The normalized spacial score (nSPS) is 10.3. The van der Waals surface area contributed by atoms with Crippen LogP contribution in [0.4, 0.5) is 4.39 Å². The zero-order valence-corrected chi connectivity index (χ0v) is 8.88. The molecule has 13 heavy (non-hydrogen) atoms. The van der Waals surface area contributed by atoms with E-state index in [0.29, 0.717) is 0 Å². The van der Waals surface area contributed by atoms with Gasteiger partial charge in [-0.1, -0.05) is 0 Å². The molecular weight excluding hydrogens is 280 g/mol. The number of rotatable bonds is 1. The van der Waals surface area contributed by atoms with Gasteiger partial charge in [-0.05, 0) is 58.5 Å². The first-order chi connectivity index (χ1) is 6.27. The van der Waals surface area contributed by atoms with Gasteiger partial charge in [-0.25, -0.2) is 4.39 Å². The van der Waals surface area contributed by atoms with E-state index in [4.69, 9.17) is 0 Å². The Bertz CT molecular complexity index is 405. The van der Waals surface area contributed by atoms with Gasteiger partial charge >= 0.3 is 0 Å². The SMILES string of the molecule is Fc1ccc(-c2[nH]ccc2I)cc1. The Morgan fingerprint density at radius 2 is 1.77 bits per heavy atom. The minimum atomic E-state index is -0.203. The Morgan fingerprint density at radius 3 is 2.31 bits per heavy atom. The lowest BCUT2D eigenvalue weighted by atomic mass is 10.1. The van der Waals surface area contributed by atoms with E-state index in [1.807, 2.05) is 12.3 Å². The summed E-state index contributed by atoms with van der Waals surface area (Å²) in [5.74, 6) is -0.203. The third kappa shape index (κ3) is 1.75. The maximum absolute atomic E-state index is 12.6. The zero-order chi connectivity index (χ0) is 9.26. The van der Waals surface area contributed by atoms with Crippen LogP contribution in [0.3, 0.4) is 0 Å². The third-order valence-corrected chi connectivity index (χ3v) is 2.73. The number of aromatic nitrogens is 1. The highest BCUT2D eigenvalue weighted by molar-refractivity contribution is 14.1. The molecule has 0 saturated heterocycles. The molecule has 0 aliphatic heterocycles. The van der Waals surface area contributed by atoms with Gasteiger partial charge in [0.1, 0.15) is 5.82 Å². The quantitative estimate of drug-likeness (QED) is 0.773. The van der Waals surface area contributed by atoms with Gasteiger partial charge in [0.15, 0.2) is 0 Å². The zero-order valence-electron chi connectivity index (χ0n) is 6.72. The maximum Gasteiger partial charge on any atom is 0.123 e. The molecule has 0 amide bonds. The second-order valence-electron chi connectivity index (χ2n) is 2.71. The van der Waals surface area contributed by atoms with Crippen LogP contribution in [0, 0.1) is 9.39 Å². The number of hydrogen-bond acceptors (Lipinski definition) is 0. The first kappa shape index (κ1) is 8.74. The second-order valence-corrected chi connectivity index (χ2v) is 3.87. The van der Waals surface area contributed by atoms with Gasteiger partial charge in [-0.2, -0.15) is 0 Å². The predicted molar refractivity (Wildman–Crippen MR) is 58.9 cm³/mol. The lowest BCUT2D eigenvalue weighted by molar-refractivity contribution is 0.628. The lowest BCUT2D eigenvalue weighted by Crippen LogP contribution is -1.80. The Morgan fingerprint density at radius 1 is 1.08 bits per heavy atom. The topological polar surface area (TPSA) is 15.8 Å². The molecule has 0 saturated carbocycles. The van der Waals surface area contributed by atoms with E-state index in [0.717, 1.165) is 14.8 Å². The van der Waals surface area contributed by atoms with E-state index < -0.39 is 0 Å². The van der Waals surface area contributed by atoms with E-state index in [-0.39, 0.29) is 5.82 Å². The molecule has 0 aliphatic rings. The van der Waals surface area contributed by atoms with Crippen molar-refractivity contribution in [2.45, 2.75) is 0 Å². The fraction of sp³-hybridized carbons (Fsp3) is 0. The molecule has 2 rings (SSSR count). The van der Waals surface area contributed by atoms with E-state index in [1.54, 1.807) is 12.1 Å². The second kappa shape index (κ2) is 3.49. The van der Waals surface area contributed by atoms with Crippen molar-refractivity contribution in [3.63, 3.8) is 0 Å². The molecule has 0 atom stereocenters. The summed E-state index contributed by atoms with van der Waals surface area (Å²) in [6.07, 6.45) is 1.88. The molecule has 1 N–H and O–H groups in total. The fourth-order valence-corrected chi connectivity index (χ4v) is 1.84. The van der Waals surface area contributed by atoms with Gasteiger partial charge in [0, 0.05) is 9.77 Å². The molecule has 1 aromatic heterocycles. The summed E-state index contributed by atoms with van der Waals surface area (Å²) >= 11 is 2.24. The average Bonchev–Trinajstić information content (AvgIpc) is 2.53. The van der Waals surface area contributed by atoms with Crippen molar-refractivity contribution >= 4 is 22.6 Å². The third-order valence-electron chi connectivity index (χ3n) is 1.83. The molecular formula is C10H7FIN. The maximum atomic E-state index is 12.6. The molecule has 66 valence electrons. The molecule has 1 nitrogen and oxygen atoms in total. The number of benzene rings is 1. The molecule has 1 heterocycles. The van der Waals surface area contributed by atoms with Crippen LogP contribution < -0.4 is 0 Å². The summed E-state index contributed by atoms with van der Waals surface area (Å²) in [6, 6.07) is 8.45. The molecule has 0 unspecified atom stereocenters. The van der Waals surface area contributed by atoms with E-state index >= 15 is 0 Å². The van der Waals surface area contributed by atoms with Gasteiger partial charge in [-0.15, -0.1) is 0 Å². The number of hydrogen-bond donors (Lipinski definition) is 1. The van der Waals surface area contributed by atoms with Crippen molar-refractivity contribution in [2.24, 2.45) is 0 Å². The van der Waals surface area contributed by atoms with Crippen LogP contribution in [0.25, 0.3) is 11.3 Å². The lowest BCUT2D eigenvalue weighted by Gasteiger charge is -1.98. The molecule has 0 spiro atoms. The van der Waals surface area contributed by atoms with Crippen molar-refractivity contribution in [1.29, 1.82) is 0 Å². The summed E-state index contributed by atoms with van der Waals surface area (Å²) in [5, 5.41) is 0. The summed E-state index contributed by atoms with van der Waals surface area (Å²) in [6.45, 7) is 0. The molecule has 3 heteroatoms. The molecule has 1 aromatic carbocycles. The van der Waals surface area contributed by atoms with E-state index in [9.17, 15) is 4.39 Å². The molecule has 0 bridgehead atoms. The summed E-state index contributed by atoms with van der Waals surface area (Å²) in [5.41, 5.74) is 2.05. The van der Waals surface area contributed by atoms with Crippen molar-refractivity contribution in [2.75, 3.05) is 0 Å². The van der Waals surface area contributed by atoms with Gasteiger partial charge in [0.25, 0.3) is 0 Å². The van der Waals surface area contributed by atoms with Crippen LogP contribution in [0.2, 0.25) is 0 Å². The van der Waals surface area contributed by atoms with Crippen molar-refractivity contribution in [1.82, 2.24) is 4.98 Å². The highest BCUT2D eigenvalue weighted by Gasteiger charge is 2.02. The van der Waals surface area contributed by atoms with Gasteiger partial charge in [0.2, 0.25) is 0 Å². The number of H-pyrrole nitrogens is 1. The number of aromatic amines is 1. The summed E-state index contributed by atoms with van der Waals surface area (Å²) < 4.78 is 13.8. The standard InChI is InChI=1S/C10H7FIN/c11-8-3-1-7(2-4-8)10-9(12)5-6-13-10/h1-6,13H. The van der Waals surface area contributed by atoms with Crippen LogP contribution in [0.1, 0.15) is 0 Å². The van der Waals surface area contributed by atoms with Gasteiger partial charge in [0.05, 0.1) is 5.69 Å². The van der Waals surface area contributed by atoms with Crippen molar-refractivity contribution < 1.29 is 4.39 Å². The van der Waals surface area contributed by atoms with E-state index in [1.165, 1.54) is 12.1 Å². The number of halogens is 2. The fourth-order valence-electron chi connectivity index (χ4n) is 1.19. The van der Waals surface area contributed by atoms with Crippen LogP contribution in [-0.4, -0.2) is 4.98 Å². The monoisotopic (exact) mass is 287 g/mol. The van der Waals surface area contributed by atoms with Crippen molar-refractivity contribution in [3.05, 3.63) is 45.9 Å². The first-order valence-corrected chi connectivity index (χ1v) is 4.94. The molecule has 0 radical (unpaired) electrons. The Kier molecular flexibility index (Phi) is 2.35. The Balaban J connectivity index is 2.47. The van der Waals surface area contributed by atoms with Crippen LogP contribution in [0.15, 0.2) is 36.5 Å². The minimum absolute atomic E-state index is 0.203. The predicted octanol–water partition coefficient (Wildman–Crippen LogP) is 3.43. The Hall–Kier alpha value is -0.840. The molecule has 0 fully saturated rings. The van der Waals surface area contributed by atoms with Gasteiger partial charge < -0.3 is 4.98 Å². The van der Waals surface area contributed by atoms with Crippen LogP contribution >= 0.6 is 22.6 Å². The summed E-state index contributed by atoms with van der Waals surface area (Å²) in [4.78, 5) is 3.11. The summed E-state index contributed by atoms with van der Waals surface area (Å²) in [7, 11) is 0. The average molecular weight is 287 g/mol. The highest BCUT2D eigenvalue weighted by Crippen LogP contribution is 2.23. The Labute approximate surface area is 89.1 Å². The van der Waals surface area contributed by atoms with E-state index in [2.05, 4.69) is 27.6 Å².